The van der Waals surface area contributed by atoms with E-state index in [-0.39, 0.29) is 12.3 Å². The van der Waals surface area contributed by atoms with Crippen LogP contribution in [0.25, 0.3) is 6.08 Å². The third kappa shape index (κ3) is 6.98. The van der Waals surface area contributed by atoms with Crippen LogP contribution in [-0.4, -0.2) is 17.7 Å². The molecule has 0 spiro atoms. The minimum Gasteiger partial charge on any atom is -0.456 e. The normalized spacial score (nSPS) is 11.6. The van der Waals surface area contributed by atoms with E-state index in [0.29, 0.717) is 0 Å². The lowest BCUT2D eigenvalue weighted by Crippen LogP contribution is -2.34. The summed E-state index contributed by atoms with van der Waals surface area (Å²) < 4.78 is 10.6. The number of carbonyl (C=O) groups is 2. The molecule has 0 heterocycles. The second-order valence-electron chi connectivity index (χ2n) is 7.10. The first-order valence-corrected chi connectivity index (χ1v) is 8.73. The third-order valence-corrected chi connectivity index (χ3v) is 3.56. The zero-order valence-corrected chi connectivity index (χ0v) is 16.1. The molecule has 0 saturated heterocycles. The molecule has 27 heavy (non-hydrogen) atoms. The first-order chi connectivity index (χ1) is 12.7. The highest BCUT2D eigenvalue weighted by Crippen LogP contribution is 2.14. The van der Waals surface area contributed by atoms with E-state index in [1.165, 1.54) is 0 Å². The lowest BCUT2D eigenvalue weighted by molar-refractivity contribution is -0.140. The maximum Gasteiger partial charge on any atom is 0.412 e. The van der Waals surface area contributed by atoms with Gasteiger partial charge in [-0.2, -0.15) is 0 Å². The van der Waals surface area contributed by atoms with E-state index in [1.807, 2.05) is 61.5 Å². The van der Waals surface area contributed by atoms with Crippen LogP contribution < -0.4 is 5.32 Å². The molecule has 0 atom stereocenters. The number of carbonyl (C=O) groups excluding carboxylic acids is 2. The predicted molar refractivity (Wildman–Crippen MR) is 105 cm³/mol. The zero-order valence-electron chi connectivity index (χ0n) is 16.1. The topological polar surface area (TPSA) is 64.6 Å². The number of alkyl carbamates (subject to hydrolysis) is 1. The number of esters is 1. The SMILES string of the molecule is Cc1ccccc1/C=C(\NC(=O)OC(C)(C)C)C(=O)OCc1ccccc1. The lowest BCUT2D eigenvalue weighted by atomic mass is 10.1. The highest BCUT2D eigenvalue weighted by atomic mass is 16.6. The smallest absolute Gasteiger partial charge is 0.412 e. The van der Waals surface area contributed by atoms with Crippen LogP contribution in [0.2, 0.25) is 0 Å². The Morgan fingerprint density at radius 2 is 1.63 bits per heavy atom. The fourth-order valence-electron chi connectivity index (χ4n) is 2.26. The summed E-state index contributed by atoms with van der Waals surface area (Å²) in [5.74, 6) is -0.632. The van der Waals surface area contributed by atoms with Gasteiger partial charge in [-0.05, 0) is 50.5 Å². The van der Waals surface area contributed by atoms with Crippen LogP contribution in [0.3, 0.4) is 0 Å². The quantitative estimate of drug-likeness (QED) is 0.619. The molecule has 0 radical (unpaired) electrons. The largest absolute Gasteiger partial charge is 0.456 e. The van der Waals surface area contributed by atoms with Crippen molar-refractivity contribution >= 4 is 18.1 Å². The number of hydrogen-bond donors (Lipinski definition) is 1. The van der Waals surface area contributed by atoms with Crippen molar-refractivity contribution < 1.29 is 19.1 Å². The van der Waals surface area contributed by atoms with Crippen molar-refractivity contribution in [3.8, 4) is 0 Å². The van der Waals surface area contributed by atoms with E-state index in [1.54, 1.807) is 26.8 Å². The van der Waals surface area contributed by atoms with Crippen LogP contribution in [0, 0.1) is 6.92 Å². The number of hydrogen-bond acceptors (Lipinski definition) is 4. The minimum absolute atomic E-state index is 0.0227. The predicted octanol–water partition coefficient (Wildman–Crippen LogP) is 4.60. The summed E-state index contributed by atoms with van der Waals surface area (Å²) in [5, 5.41) is 2.51. The maximum absolute atomic E-state index is 12.6. The molecular formula is C22H25NO4. The molecule has 0 aliphatic heterocycles. The molecule has 0 unspecified atom stereocenters. The Bertz CT molecular complexity index is 820. The molecule has 0 saturated carbocycles. The third-order valence-electron chi connectivity index (χ3n) is 3.56. The van der Waals surface area contributed by atoms with Crippen LogP contribution in [0.1, 0.15) is 37.5 Å². The average Bonchev–Trinajstić information content (AvgIpc) is 2.60. The number of nitrogens with one attached hydrogen (secondary N) is 1. The van der Waals surface area contributed by atoms with Gasteiger partial charge in [0.25, 0.3) is 0 Å². The summed E-state index contributed by atoms with van der Waals surface area (Å²) in [6.07, 6.45) is 0.881. The van der Waals surface area contributed by atoms with Gasteiger partial charge in [0.15, 0.2) is 0 Å². The summed E-state index contributed by atoms with van der Waals surface area (Å²) in [7, 11) is 0. The zero-order chi connectivity index (χ0) is 19.9. The number of benzene rings is 2. The van der Waals surface area contributed by atoms with Gasteiger partial charge in [0.05, 0.1) is 0 Å². The minimum atomic E-state index is -0.709. The van der Waals surface area contributed by atoms with E-state index in [9.17, 15) is 9.59 Å². The van der Waals surface area contributed by atoms with Crippen LogP contribution in [0.15, 0.2) is 60.3 Å². The van der Waals surface area contributed by atoms with E-state index in [4.69, 9.17) is 9.47 Å². The first kappa shape index (κ1) is 20.2. The van der Waals surface area contributed by atoms with Crippen molar-refractivity contribution in [3.63, 3.8) is 0 Å². The van der Waals surface area contributed by atoms with Gasteiger partial charge in [0.1, 0.15) is 17.9 Å². The Kier molecular flexibility index (Phi) is 6.77. The molecule has 0 aromatic heterocycles. The highest BCUT2D eigenvalue weighted by molar-refractivity contribution is 5.97. The van der Waals surface area contributed by atoms with Crippen molar-refractivity contribution in [2.24, 2.45) is 0 Å². The summed E-state index contributed by atoms with van der Waals surface area (Å²) in [6, 6.07) is 16.9. The molecule has 0 bridgehead atoms. The lowest BCUT2D eigenvalue weighted by Gasteiger charge is -2.20. The molecule has 1 N–H and O–H groups in total. The Balaban J connectivity index is 2.19. The van der Waals surface area contributed by atoms with Gasteiger partial charge < -0.3 is 9.47 Å². The van der Waals surface area contributed by atoms with Crippen LogP contribution >= 0.6 is 0 Å². The molecular weight excluding hydrogens is 342 g/mol. The molecule has 2 aromatic carbocycles. The molecule has 0 aliphatic carbocycles. The molecule has 5 nitrogen and oxygen atoms in total. The Labute approximate surface area is 160 Å². The van der Waals surface area contributed by atoms with Crippen LogP contribution in [0.4, 0.5) is 4.79 Å². The molecule has 0 fully saturated rings. The number of rotatable bonds is 5. The number of amides is 1. The molecule has 0 aliphatic rings. The Hall–Kier alpha value is -3.08. The van der Waals surface area contributed by atoms with Crippen molar-refractivity contribution in [2.45, 2.75) is 39.9 Å². The van der Waals surface area contributed by atoms with Gasteiger partial charge in [-0.15, -0.1) is 0 Å². The van der Waals surface area contributed by atoms with E-state index >= 15 is 0 Å². The van der Waals surface area contributed by atoms with E-state index in [0.717, 1.165) is 16.7 Å². The summed E-state index contributed by atoms with van der Waals surface area (Å²) in [5.41, 5.74) is 1.98. The summed E-state index contributed by atoms with van der Waals surface area (Å²) in [4.78, 5) is 24.7. The van der Waals surface area contributed by atoms with Crippen molar-refractivity contribution in [3.05, 3.63) is 77.0 Å². The van der Waals surface area contributed by atoms with Crippen molar-refractivity contribution in [2.75, 3.05) is 0 Å². The Morgan fingerprint density at radius 1 is 1.00 bits per heavy atom. The van der Waals surface area contributed by atoms with Gasteiger partial charge >= 0.3 is 12.1 Å². The standard InChI is InChI=1S/C22H25NO4/c1-16-10-8-9-13-18(16)14-19(23-21(25)27-22(2,3)4)20(24)26-15-17-11-6-5-7-12-17/h5-14H,15H2,1-4H3,(H,23,25)/b19-14-. The van der Waals surface area contributed by atoms with Crippen molar-refractivity contribution in [1.29, 1.82) is 0 Å². The van der Waals surface area contributed by atoms with Gasteiger partial charge in [-0.3, -0.25) is 5.32 Å². The van der Waals surface area contributed by atoms with Crippen LogP contribution in [0.5, 0.6) is 0 Å². The number of aryl methyl sites for hydroxylation is 1. The first-order valence-electron chi connectivity index (χ1n) is 8.73. The molecule has 2 rings (SSSR count). The van der Waals surface area contributed by atoms with Gasteiger partial charge in [-0.1, -0.05) is 54.6 Å². The van der Waals surface area contributed by atoms with Crippen molar-refractivity contribution in [1.82, 2.24) is 5.32 Å². The summed E-state index contributed by atoms with van der Waals surface area (Å²) >= 11 is 0. The maximum atomic E-state index is 12.6. The second-order valence-corrected chi connectivity index (χ2v) is 7.10. The van der Waals surface area contributed by atoms with Gasteiger partial charge in [0, 0.05) is 0 Å². The fourth-order valence-corrected chi connectivity index (χ4v) is 2.26. The fraction of sp³-hybridized carbons (Fsp3) is 0.273. The van der Waals surface area contributed by atoms with E-state index < -0.39 is 17.7 Å². The number of ether oxygens (including phenoxy) is 2. The molecule has 2 aromatic rings. The molecule has 5 heteroatoms. The molecule has 142 valence electrons. The monoisotopic (exact) mass is 367 g/mol. The average molecular weight is 367 g/mol. The van der Waals surface area contributed by atoms with Gasteiger partial charge in [-0.25, -0.2) is 9.59 Å². The Morgan fingerprint density at radius 3 is 2.26 bits per heavy atom. The molecule has 1 amide bonds. The summed E-state index contributed by atoms with van der Waals surface area (Å²) in [6.45, 7) is 7.30. The van der Waals surface area contributed by atoms with Crippen LogP contribution in [-0.2, 0) is 20.9 Å². The second kappa shape index (κ2) is 9.03. The van der Waals surface area contributed by atoms with Gasteiger partial charge in [0.2, 0.25) is 0 Å². The highest BCUT2D eigenvalue weighted by Gasteiger charge is 2.20. The van der Waals surface area contributed by atoms with E-state index in [2.05, 4.69) is 5.32 Å².